The van der Waals surface area contributed by atoms with E-state index in [1.165, 1.54) is 12.2 Å². The predicted molar refractivity (Wildman–Crippen MR) is 172 cm³/mol. The fraction of sp³-hybridized carbons (Fsp3) is 0.875. The molecule has 1 N–H and O–H groups in total. The Morgan fingerprint density at radius 1 is 1.02 bits per heavy atom. The van der Waals surface area contributed by atoms with Gasteiger partial charge < -0.3 is 23.4 Å². The van der Waals surface area contributed by atoms with E-state index < -0.39 is 58.0 Å². The Bertz CT molecular complexity index is 883. The zero-order valence-electron chi connectivity index (χ0n) is 28.7. The van der Waals surface area contributed by atoms with E-state index in [9.17, 15) is 14.7 Å². The number of hydrogen-bond donors (Lipinski definition) is 1. The Kier molecular flexibility index (Phi) is 13.7. The largest absolute Gasteiger partial charge is 0.459 e. The number of rotatable bonds is 9. The van der Waals surface area contributed by atoms with Crippen LogP contribution in [0.15, 0.2) is 12.2 Å². The molecule has 240 valence electrons. The molecule has 0 aromatic carbocycles. The lowest BCUT2D eigenvalue weighted by molar-refractivity contribution is -0.169. The highest BCUT2D eigenvalue weighted by atomic mass is 28.4. The first-order valence-corrected chi connectivity index (χ1v) is 21.2. The lowest BCUT2D eigenvalue weighted by atomic mass is 9.82. The molecule has 0 saturated heterocycles. The average Bonchev–Trinajstić information content (AvgIpc) is 2.90. The number of esters is 1. The second-order valence-corrected chi connectivity index (χ2v) is 23.7. The predicted octanol–water partition coefficient (Wildman–Crippen LogP) is 7.44. The first kappa shape index (κ1) is 38.2. The topological polar surface area (TPSA) is 91.3 Å². The van der Waals surface area contributed by atoms with E-state index in [2.05, 4.69) is 54.6 Å². The van der Waals surface area contributed by atoms with E-state index in [0.717, 1.165) is 18.1 Å². The van der Waals surface area contributed by atoms with Gasteiger partial charge in [-0.15, -0.1) is 0 Å². The first-order chi connectivity index (χ1) is 18.7. The summed E-state index contributed by atoms with van der Waals surface area (Å²) in [6.45, 7) is 26.8. The van der Waals surface area contributed by atoms with Crippen molar-refractivity contribution in [1.29, 1.82) is 0 Å². The number of aliphatic hydroxyl groups is 1. The molecule has 0 spiro atoms. The van der Waals surface area contributed by atoms with Crippen molar-refractivity contribution in [2.45, 2.75) is 161 Å². The highest BCUT2D eigenvalue weighted by molar-refractivity contribution is 6.74. The fourth-order valence-electron chi connectivity index (χ4n) is 5.44. The molecule has 1 rings (SSSR count). The number of allylic oxidation sites excluding steroid dienone is 1. The van der Waals surface area contributed by atoms with Crippen LogP contribution in [0.5, 0.6) is 0 Å². The van der Waals surface area contributed by atoms with Gasteiger partial charge in [-0.1, -0.05) is 55.4 Å². The molecule has 1 aliphatic rings. The van der Waals surface area contributed by atoms with Crippen LogP contribution in [-0.2, 0) is 27.9 Å². The monoisotopic (exact) mass is 614 g/mol. The van der Waals surface area contributed by atoms with Gasteiger partial charge in [0, 0.05) is 19.4 Å². The Morgan fingerprint density at radius 2 is 1.56 bits per heavy atom. The van der Waals surface area contributed by atoms with Gasteiger partial charge in [-0.3, -0.25) is 9.59 Å². The van der Waals surface area contributed by atoms with Crippen molar-refractivity contribution < 1.29 is 33.0 Å². The lowest BCUT2D eigenvalue weighted by Crippen LogP contribution is -2.55. The van der Waals surface area contributed by atoms with Crippen LogP contribution < -0.4 is 0 Å². The second kappa shape index (κ2) is 14.8. The molecule has 1 aliphatic heterocycles. The van der Waals surface area contributed by atoms with Crippen molar-refractivity contribution in [2.75, 3.05) is 7.11 Å². The Balaban J connectivity index is 3.88. The molecule has 9 heteroatoms. The molecule has 7 atom stereocenters. The summed E-state index contributed by atoms with van der Waals surface area (Å²) in [5.41, 5.74) is -2.30. The molecule has 1 heterocycles. The van der Waals surface area contributed by atoms with Crippen molar-refractivity contribution in [3.8, 4) is 0 Å². The Morgan fingerprint density at radius 3 is 2.00 bits per heavy atom. The van der Waals surface area contributed by atoms with Crippen molar-refractivity contribution in [3.63, 3.8) is 0 Å². The van der Waals surface area contributed by atoms with Crippen LogP contribution in [0.4, 0.5) is 0 Å². The van der Waals surface area contributed by atoms with E-state index >= 15 is 0 Å². The third-order valence-electron chi connectivity index (χ3n) is 10.2. The summed E-state index contributed by atoms with van der Waals surface area (Å²) in [6, 6.07) is 2.89. The molecule has 0 aliphatic carbocycles. The van der Waals surface area contributed by atoms with E-state index in [0.29, 0.717) is 19.3 Å². The smallest absolute Gasteiger partial charge is 0.311 e. The van der Waals surface area contributed by atoms with Crippen LogP contribution in [0.2, 0.25) is 36.3 Å². The normalized spacial score (nSPS) is 34.2. The number of methoxy groups -OCH3 is 1. The number of cyclic esters (lactones) is 1. The number of carbonyl (C=O) groups excluding carboxylic acids is 2. The Labute approximate surface area is 253 Å². The van der Waals surface area contributed by atoms with Gasteiger partial charge >= 0.3 is 5.97 Å². The van der Waals surface area contributed by atoms with Gasteiger partial charge in [0.15, 0.2) is 22.4 Å². The van der Waals surface area contributed by atoms with Crippen LogP contribution >= 0.6 is 0 Å². The third kappa shape index (κ3) is 9.57. The van der Waals surface area contributed by atoms with Gasteiger partial charge in [0.25, 0.3) is 0 Å². The first-order valence-electron chi connectivity index (χ1n) is 15.7. The van der Waals surface area contributed by atoms with E-state index in [1.54, 1.807) is 14.0 Å². The minimum atomic E-state index is -2.33. The minimum Gasteiger partial charge on any atom is -0.459 e. The molecule has 7 nitrogen and oxygen atoms in total. The minimum absolute atomic E-state index is 0.0766. The lowest BCUT2D eigenvalue weighted by Gasteiger charge is -2.47. The maximum Gasteiger partial charge on any atom is 0.311 e. The summed E-state index contributed by atoms with van der Waals surface area (Å²) in [4.78, 5) is 27.0. The molecule has 0 amide bonds. The quantitative estimate of drug-likeness (QED) is 0.213. The molecule has 0 radical (unpaired) electrons. The Hall–Kier alpha value is -0.846. The van der Waals surface area contributed by atoms with Gasteiger partial charge in [-0.2, -0.15) is 0 Å². The zero-order chi connectivity index (χ0) is 32.0. The molecule has 0 aromatic heterocycles. The van der Waals surface area contributed by atoms with Crippen molar-refractivity contribution in [2.24, 2.45) is 11.8 Å². The highest BCUT2D eigenvalue weighted by Gasteiger charge is 2.48. The van der Waals surface area contributed by atoms with Crippen LogP contribution in [-0.4, -0.2) is 70.1 Å². The molecule has 41 heavy (non-hydrogen) atoms. The molecule has 0 bridgehead atoms. The number of hydrogen-bond acceptors (Lipinski definition) is 7. The van der Waals surface area contributed by atoms with Crippen molar-refractivity contribution >= 4 is 28.4 Å². The van der Waals surface area contributed by atoms with Crippen LogP contribution in [0.25, 0.3) is 0 Å². The van der Waals surface area contributed by atoms with E-state index in [-0.39, 0.29) is 16.7 Å². The molecule has 0 aromatic rings. The zero-order valence-corrected chi connectivity index (χ0v) is 30.7. The van der Waals surface area contributed by atoms with Gasteiger partial charge in [-0.25, -0.2) is 0 Å². The summed E-state index contributed by atoms with van der Waals surface area (Å²) in [5, 5.41) is 11.2. The highest BCUT2D eigenvalue weighted by Crippen LogP contribution is 2.41. The van der Waals surface area contributed by atoms with Gasteiger partial charge in [0.1, 0.15) is 11.7 Å². The molecule has 0 saturated carbocycles. The second-order valence-electron chi connectivity index (χ2n) is 14.2. The third-order valence-corrected chi connectivity index (χ3v) is 19.3. The summed E-state index contributed by atoms with van der Waals surface area (Å²) < 4.78 is 26.4. The summed E-state index contributed by atoms with van der Waals surface area (Å²) in [7, 11) is -2.78. The van der Waals surface area contributed by atoms with Gasteiger partial charge in [-0.05, 0) is 82.0 Å². The van der Waals surface area contributed by atoms with Crippen molar-refractivity contribution in [1.82, 2.24) is 0 Å². The summed E-state index contributed by atoms with van der Waals surface area (Å²) in [5.74, 6) is -1.51. The standard InChI is InChI=1S/C32H62O7Si2/c1-15-27-31(10,35)20-19-25(33)23(5)22-32(11,36-12)28(39-41(16-2,17-3)18-4)21-26(24(6)29(34)37-27)38-40(13,14)30(7,8)9/h19-20,23-24,26-28,35H,15-18,21-22H2,1-14H3/b20-19+/t23-,24-,26+,27-,28-,31+,32-/m1/s1. The molecule has 0 unspecified atom stereocenters. The number of ether oxygens (including phenoxy) is 2. The maximum absolute atomic E-state index is 13.7. The summed E-state index contributed by atoms with van der Waals surface area (Å²) in [6.07, 6.45) is 2.48. The average molecular weight is 615 g/mol. The molecular weight excluding hydrogens is 553 g/mol. The maximum atomic E-state index is 13.7. The van der Waals surface area contributed by atoms with E-state index in [1.807, 2.05) is 27.7 Å². The van der Waals surface area contributed by atoms with Crippen molar-refractivity contribution in [3.05, 3.63) is 12.2 Å². The van der Waals surface area contributed by atoms with Gasteiger partial charge in [0.2, 0.25) is 0 Å². The fourth-order valence-corrected chi connectivity index (χ4v) is 9.80. The summed E-state index contributed by atoms with van der Waals surface area (Å²) >= 11 is 0. The number of carbonyl (C=O) groups is 2. The molecule has 0 fully saturated rings. The van der Waals surface area contributed by atoms with E-state index in [4.69, 9.17) is 18.3 Å². The molecular formula is C32H62O7Si2. The SMILES string of the molecule is CC[C@H]1OC(=O)[C@H](C)[C@@H](O[Si](C)(C)C(C)(C)C)C[C@@H](O[Si](CC)(CC)CC)[C@](C)(OC)C[C@@H](C)C(=O)/C=C/[C@]1(C)O. The van der Waals surface area contributed by atoms with Crippen LogP contribution in [0, 0.1) is 11.8 Å². The van der Waals surface area contributed by atoms with Gasteiger partial charge in [0.05, 0.1) is 23.7 Å². The van der Waals surface area contributed by atoms with Crippen LogP contribution in [0.1, 0.15) is 95.4 Å². The number of ketones is 1. The van der Waals surface area contributed by atoms with Crippen LogP contribution in [0.3, 0.4) is 0 Å².